The van der Waals surface area contributed by atoms with E-state index in [-0.39, 0.29) is 31.2 Å². The number of hydrogen-bond donors (Lipinski definition) is 1. The van der Waals surface area contributed by atoms with Crippen molar-refractivity contribution in [1.82, 2.24) is 10.2 Å². The van der Waals surface area contributed by atoms with Gasteiger partial charge in [0.25, 0.3) is 0 Å². The van der Waals surface area contributed by atoms with Crippen molar-refractivity contribution < 1.29 is 35.9 Å². The second-order valence-corrected chi connectivity index (χ2v) is 11.0. The van der Waals surface area contributed by atoms with Gasteiger partial charge in [-0.05, 0) is 55.4 Å². The number of carbonyl (C=O) groups is 1. The molecule has 220 valence electrons. The summed E-state index contributed by atoms with van der Waals surface area (Å²) in [7, 11) is 0. The van der Waals surface area contributed by atoms with E-state index in [1.807, 2.05) is 6.08 Å². The summed E-state index contributed by atoms with van der Waals surface area (Å²) in [6.45, 7) is 7.47. The molecule has 0 atom stereocenters. The third-order valence-electron chi connectivity index (χ3n) is 6.86. The number of nitrogens with zero attached hydrogens (tertiary/aromatic N) is 1. The number of hydrogen-bond acceptors (Lipinski definition) is 4. The Morgan fingerprint density at radius 2 is 1.73 bits per heavy atom. The van der Waals surface area contributed by atoms with Gasteiger partial charge in [-0.25, -0.2) is 0 Å². The molecule has 1 aliphatic heterocycles. The fraction of sp³-hybridized carbons (Fsp3) is 0.483. The Morgan fingerprint density at radius 3 is 2.33 bits per heavy atom. The van der Waals surface area contributed by atoms with Crippen molar-refractivity contribution in [3.8, 4) is 0 Å². The van der Waals surface area contributed by atoms with Crippen LogP contribution in [0.15, 0.2) is 58.9 Å². The van der Waals surface area contributed by atoms with Gasteiger partial charge < -0.3 is 15.0 Å². The van der Waals surface area contributed by atoms with Crippen LogP contribution < -0.4 is 5.32 Å². The number of alkyl halides is 6. The van der Waals surface area contributed by atoms with Gasteiger partial charge in [-0.2, -0.15) is 26.3 Å². The summed E-state index contributed by atoms with van der Waals surface area (Å²) in [4.78, 5) is 13.4. The van der Waals surface area contributed by atoms with Crippen molar-refractivity contribution in [3.05, 3.63) is 70.7 Å². The topological polar surface area (TPSA) is 41.6 Å². The molecule has 0 bridgehead atoms. The highest BCUT2D eigenvalue weighted by atomic mass is 32.2. The summed E-state index contributed by atoms with van der Waals surface area (Å²) in [5, 5.41) is 3.42. The third-order valence-corrected chi connectivity index (χ3v) is 7.96. The van der Waals surface area contributed by atoms with Gasteiger partial charge in [-0.3, -0.25) is 4.79 Å². The highest BCUT2D eigenvalue weighted by molar-refractivity contribution is 8.03. The van der Waals surface area contributed by atoms with Crippen molar-refractivity contribution in [2.24, 2.45) is 5.92 Å². The fourth-order valence-electron chi connectivity index (χ4n) is 4.66. The molecule has 1 amide bonds. The Morgan fingerprint density at radius 1 is 1.07 bits per heavy atom. The van der Waals surface area contributed by atoms with Crippen LogP contribution in [0, 0.1) is 5.92 Å². The van der Waals surface area contributed by atoms with Gasteiger partial charge in [0.2, 0.25) is 5.91 Å². The molecular weight excluding hydrogens is 554 g/mol. The van der Waals surface area contributed by atoms with E-state index in [0.717, 1.165) is 43.0 Å². The van der Waals surface area contributed by atoms with Crippen LogP contribution in [0.3, 0.4) is 0 Å². The molecule has 1 aliphatic carbocycles. The number of nitrogens with one attached hydrogen (secondary N) is 1. The highest BCUT2D eigenvalue weighted by Gasteiger charge is 2.46. The zero-order valence-corrected chi connectivity index (χ0v) is 23.1. The largest absolute Gasteiger partial charge is 0.418 e. The number of benzene rings is 1. The normalized spacial score (nSPS) is 21.4. The lowest BCUT2D eigenvalue weighted by atomic mass is 9.87. The zero-order chi connectivity index (χ0) is 29.3. The van der Waals surface area contributed by atoms with Crippen LogP contribution in [-0.2, 0) is 21.9 Å². The molecule has 1 saturated carbocycles. The minimum atomic E-state index is -5.32. The summed E-state index contributed by atoms with van der Waals surface area (Å²) in [6, 6.07) is 2.37. The number of thioether (sulfide) groups is 1. The molecule has 4 nitrogen and oxygen atoms in total. The zero-order valence-electron chi connectivity index (χ0n) is 22.3. The van der Waals surface area contributed by atoms with Gasteiger partial charge in [0, 0.05) is 41.6 Å². The molecule has 2 aliphatic rings. The van der Waals surface area contributed by atoms with Gasteiger partial charge in [0.1, 0.15) is 0 Å². The minimum Gasteiger partial charge on any atom is -0.378 e. The first-order chi connectivity index (χ1) is 18.9. The van der Waals surface area contributed by atoms with Crippen LogP contribution in [0.2, 0.25) is 0 Å². The van der Waals surface area contributed by atoms with E-state index < -0.39 is 39.8 Å². The van der Waals surface area contributed by atoms with Crippen molar-refractivity contribution >= 4 is 23.7 Å². The average molecular weight is 589 g/mol. The van der Waals surface area contributed by atoms with Crippen molar-refractivity contribution in [2.75, 3.05) is 32.8 Å². The quantitative estimate of drug-likeness (QED) is 0.141. The number of rotatable bonds is 9. The lowest BCUT2D eigenvalue weighted by Gasteiger charge is -2.26. The monoisotopic (exact) mass is 588 g/mol. The van der Waals surface area contributed by atoms with Crippen LogP contribution >= 0.6 is 11.8 Å². The lowest BCUT2D eigenvalue weighted by Crippen LogP contribution is -2.39. The van der Waals surface area contributed by atoms with E-state index in [2.05, 4.69) is 18.8 Å². The van der Waals surface area contributed by atoms with Gasteiger partial charge in [0.15, 0.2) is 0 Å². The molecule has 2 fully saturated rings. The summed E-state index contributed by atoms with van der Waals surface area (Å²) >= 11 is 0.553. The molecule has 1 heterocycles. The molecule has 40 heavy (non-hydrogen) atoms. The van der Waals surface area contributed by atoms with Crippen LogP contribution in [0.25, 0.3) is 6.08 Å². The smallest absolute Gasteiger partial charge is 0.378 e. The van der Waals surface area contributed by atoms with E-state index in [0.29, 0.717) is 24.3 Å². The molecule has 3 rings (SSSR count). The number of ether oxygens (including phenoxy) is 1. The first-order valence-corrected chi connectivity index (χ1v) is 14.0. The van der Waals surface area contributed by atoms with Gasteiger partial charge in [0.05, 0.1) is 24.3 Å². The predicted octanol–water partition coefficient (Wildman–Crippen LogP) is 7.48. The molecular formula is C29H34F6N2O2S. The van der Waals surface area contributed by atoms with Crippen LogP contribution in [0.5, 0.6) is 0 Å². The molecule has 0 aromatic heterocycles. The Kier molecular flexibility index (Phi) is 11.5. The van der Waals surface area contributed by atoms with E-state index in [1.165, 1.54) is 29.9 Å². The summed E-state index contributed by atoms with van der Waals surface area (Å²) < 4.78 is 89.7. The minimum absolute atomic E-state index is 0.250. The molecule has 0 unspecified atom stereocenters. The molecule has 0 radical (unpaired) electrons. The molecule has 1 aromatic carbocycles. The predicted molar refractivity (Wildman–Crippen MR) is 146 cm³/mol. The number of morpholine rings is 1. The average Bonchev–Trinajstić information content (AvgIpc) is 2.91. The van der Waals surface area contributed by atoms with Crippen molar-refractivity contribution in [3.63, 3.8) is 0 Å². The molecule has 1 saturated heterocycles. The summed E-state index contributed by atoms with van der Waals surface area (Å²) in [5.41, 5.74) is -4.37. The first-order valence-electron chi connectivity index (χ1n) is 13.2. The Bertz CT molecular complexity index is 1110. The fourth-order valence-corrected chi connectivity index (χ4v) is 5.60. The van der Waals surface area contributed by atoms with Gasteiger partial charge in [-0.15, -0.1) is 0 Å². The van der Waals surface area contributed by atoms with Gasteiger partial charge in [-0.1, -0.05) is 49.6 Å². The maximum absolute atomic E-state index is 14.1. The number of carbonyl (C=O) groups excluding carboxylic acids is 1. The van der Waals surface area contributed by atoms with E-state index in [9.17, 15) is 31.1 Å². The number of amides is 1. The standard InChI is InChI=1S/C29H34F6N2O2S/c1-3-23(6-4-5-15-36-22-11-7-20(2)8-12-22)40-24-13-9-21(10-14-25(38)37-16-18-39-19-17-37)26(28(30,31)32)27(24)29(33,34)35/h3-6,9-10,13-14,20,22,36H,1,7-8,11-12,15-19H2,2H3/b5-4-,14-10+,23-6+. The highest BCUT2D eigenvalue weighted by Crippen LogP contribution is 2.48. The second-order valence-electron chi connectivity index (χ2n) is 9.84. The number of allylic oxidation sites excluding steroid dienone is 3. The summed E-state index contributed by atoms with van der Waals surface area (Å²) in [5.74, 6) is 0.130. The molecule has 1 aromatic rings. The Balaban J connectivity index is 1.82. The van der Waals surface area contributed by atoms with Crippen molar-refractivity contribution in [1.29, 1.82) is 0 Å². The molecule has 11 heteroatoms. The maximum Gasteiger partial charge on any atom is 0.418 e. The van der Waals surface area contributed by atoms with Crippen molar-refractivity contribution in [2.45, 2.75) is 55.9 Å². The van der Waals surface area contributed by atoms with E-state index in [4.69, 9.17) is 4.74 Å². The first kappa shape index (κ1) is 32.0. The molecule has 0 spiro atoms. The number of halogens is 6. The lowest BCUT2D eigenvalue weighted by molar-refractivity contribution is -0.163. The Hall–Kier alpha value is -2.50. The third kappa shape index (κ3) is 9.27. The SMILES string of the molecule is C=C/C(=C\C=C/CNC1CCC(C)CC1)Sc1ccc(/C=C/C(=O)N2CCOCC2)c(C(F)(F)F)c1C(F)(F)F. The molecule has 1 N–H and O–H groups in total. The van der Waals surface area contributed by atoms with Crippen LogP contribution in [0.1, 0.15) is 49.3 Å². The van der Waals surface area contributed by atoms with Crippen LogP contribution in [0.4, 0.5) is 26.3 Å². The second kappa shape index (κ2) is 14.4. The van der Waals surface area contributed by atoms with E-state index >= 15 is 0 Å². The Labute approximate surface area is 235 Å². The van der Waals surface area contributed by atoms with E-state index in [1.54, 1.807) is 6.08 Å². The maximum atomic E-state index is 14.1. The van der Waals surface area contributed by atoms with Crippen LogP contribution in [-0.4, -0.2) is 49.7 Å². The summed E-state index contributed by atoms with van der Waals surface area (Å²) in [6.07, 6.45) is 1.83. The van der Waals surface area contributed by atoms with Gasteiger partial charge >= 0.3 is 12.4 Å².